The number of hydrogen-bond acceptors (Lipinski definition) is 4. The van der Waals surface area contributed by atoms with Crippen LogP contribution in [0.1, 0.15) is 31.1 Å². The van der Waals surface area contributed by atoms with E-state index in [1.54, 1.807) is 30.5 Å². The summed E-state index contributed by atoms with van der Waals surface area (Å²) in [6, 6.07) is 14.5. The fourth-order valence-corrected chi connectivity index (χ4v) is 3.35. The summed E-state index contributed by atoms with van der Waals surface area (Å²) in [5.74, 6) is -0.350. The number of amides is 2. The number of aromatic nitrogens is 2. The van der Waals surface area contributed by atoms with E-state index in [0.717, 1.165) is 10.1 Å². The SMILES string of the molecule is Cn1ccnc1Sc1ccccc1NC(=O)c1cccc(NC(=O)C(C)(C)C)c1. The number of anilines is 2. The first kappa shape index (κ1) is 20.7. The van der Waals surface area contributed by atoms with Crippen molar-refractivity contribution >= 4 is 35.0 Å². The molecule has 0 saturated heterocycles. The van der Waals surface area contributed by atoms with Crippen LogP contribution in [0, 0.1) is 5.41 Å². The van der Waals surface area contributed by atoms with E-state index in [2.05, 4.69) is 15.6 Å². The topological polar surface area (TPSA) is 76.0 Å². The van der Waals surface area contributed by atoms with Crippen molar-refractivity contribution in [3.05, 3.63) is 66.5 Å². The van der Waals surface area contributed by atoms with Crippen molar-refractivity contribution in [1.29, 1.82) is 0 Å². The molecule has 29 heavy (non-hydrogen) atoms. The number of nitrogens with zero attached hydrogens (tertiary/aromatic N) is 2. The number of imidazole rings is 1. The molecule has 6 nitrogen and oxygen atoms in total. The molecule has 0 atom stereocenters. The van der Waals surface area contributed by atoms with Crippen molar-refractivity contribution in [3.8, 4) is 0 Å². The smallest absolute Gasteiger partial charge is 0.255 e. The monoisotopic (exact) mass is 408 g/mol. The Morgan fingerprint density at radius 2 is 1.79 bits per heavy atom. The van der Waals surface area contributed by atoms with Crippen molar-refractivity contribution in [3.63, 3.8) is 0 Å². The lowest BCUT2D eigenvalue weighted by Crippen LogP contribution is -2.27. The van der Waals surface area contributed by atoms with Gasteiger partial charge in [-0.3, -0.25) is 9.59 Å². The van der Waals surface area contributed by atoms with Crippen LogP contribution in [0.5, 0.6) is 0 Å². The number of carbonyl (C=O) groups excluding carboxylic acids is 2. The third-order valence-electron chi connectivity index (χ3n) is 4.18. The van der Waals surface area contributed by atoms with E-state index < -0.39 is 5.41 Å². The zero-order valence-electron chi connectivity index (χ0n) is 16.9. The van der Waals surface area contributed by atoms with Gasteiger partial charge in [0.1, 0.15) is 0 Å². The Morgan fingerprint density at radius 1 is 1.03 bits per heavy atom. The van der Waals surface area contributed by atoms with E-state index in [1.165, 1.54) is 11.8 Å². The number of aryl methyl sites for hydroxylation is 1. The van der Waals surface area contributed by atoms with Gasteiger partial charge in [-0.15, -0.1) is 0 Å². The van der Waals surface area contributed by atoms with E-state index in [-0.39, 0.29) is 11.8 Å². The number of benzene rings is 2. The molecule has 3 aromatic rings. The summed E-state index contributed by atoms with van der Waals surface area (Å²) in [5, 5.41) is 6.65. The molecule has 0 aliphatic carbocycles. The number of nitrogens with one attached hydrogen (secondary N) is 2. The minimum absolute atomic E-state index is 0.105. The van der Waals surface area contributed by atoms with Crippen molar-refractivity contribution in [2.75, 3.05) is 10.6 Å². The average Bonchev–Trinajstić information content (AvgIpc) is 3.07. The van der Waals surface area contributed by atoms with Crippen LogP contribution >= 0.6 is 11.8 Å². The van der Waals surface area contributed by atoms with Gasteiger partial charge in [0.15, 0.2) is 5.16 Å². The molecule has 0 unspecified atom stereocenters. The molecule has 0 fully saturated rings. The van der Waals surface area contributed by atoms with Gasteiger partial charge in [0.05, 0.1) is 5.69 Å². The van der Waals surface area contributed by atoms with E-state index in [9.17, 15) is 9.59 Å². The quantitative estimate of drug-likeness (QED) is 0.635. The molecule has 1 aromatic heterocycles. The maximum atomic E-state index is 12.8. The van der Waals surface area contributed by atoms with Crippen molar-refractivity contribution in [1.82, 2.24) is 9.55 Å². The van der Waals surface area contributed by atoms with Gasteiger partial charge in [-0.25, -0.2) is 4.98 Å². The summed E-state index contributed by atoms with van der Waals surface area (Å²) < 4.78 is 1.92. The minimum Gasteiger partial charge on any atom is -0.329 e. The second-order valence-electron chi connectivity index (χ2n) is 7.66. The Morgan fingerprint density at radius 3 is 2.48 bits per heavy atom. The third kappa shape index (κ3) is 5.26. The van der Waals surface area contributed by atoms with E-state index in [0.29, 0.717) is 16.9 Å². The van der Waals surface area contributed by atoms with Crippen LogP contribution in [0.25, 0.3) is 0 Å². The first-order valence-corrected chi connectivity index (χ1v) is 10.0. The average molecular weight is 409 g/mol. The molecule has 0 saturated carbocycles. The normalized spacial score (nSPS) is 11.2. The lowest BCUT2D eigenvalue weighted by molar-refractivity contribution is -0.123. The lowest BCUT2D eigenvalue weighted by atomic mass is 9.95. The fraction of sp³-hybridized carbons (Fsp3) is 0.227. The Bertz CT molecular complexity index is 1040. The van der Waals surface area contributed by atoms with E-state index in [4.69, 9.17) is 0 Å². The lowest BCUT2D eigenvalue weighted by Gasteiger charge is -2.18. The molecule has 3 rings (SSSR count). The molecule has 0 bridgehead atoms. The van der Waals surface area contributed by atoms with Gasteiger partial charge in [0.2, 0.25) is 5.91 Å². The first-order valence-electron chi connectivity index (χ1n) is 9.21. The Kier molecular flexibility index (Phi) is 6.08. The fourth-order valence-electron chi connectivity index (χ4n) is 2.46. The number of para-hydroxylation sites is 1. The van der Waals surface area contributed by atoms with Crippen LogP contribution in [-0.4, -0.2) is 21.4 Å². The van der Waals surface area contributed by atoms with Crippen LogP contribution in [0.4, 0.5) is 11.4 Å². The van der Waals surface area contributed by atoms with Crippen LogP contribution in [0.15, 0.2) is 71.0 Å². The molecule has 0 aliphatic heterocycles. The van der Waals surface area contributed by atoms with Crippen molar-refractivity contribution < 1.29 is 9.59 Å². The van der Waals surface area contributed by atoms with E-state index >= 15 is 0 Å². The molecule has 2 amide bonds. The highest BCUT2D eigenvalue weighted by atomic mass is 32.2. The molecule has 2 aromatic carbocycles. The van der Waals surface area contributed by atoms with Crippen LogP contribution in [-0.2, 0) is 11.8 Å². The van der Waals surface area contributed by atoms with Gasteiger partial charge in [-0.2, -0.15) is 0 Å². The first-order chi connectivity index (χ1) is 13.7. The highest BCUT2D eigenvalue weighted by Crippen LogP contribution is 2.32. The molecular weight excluding hydrogens is 384 g/mol. The largest absolute Gasteiger partial charge is 0.329 e. The molecule has 150 valence electrons. The summed E-state index contributed by atoms with van der Waals surface area (Å²) in [4.78, 5) is 30.2. The van der Waals surface area contributed by atoms with Gasteiger partial charge in [-0.05, 0) is 42.1 Å². The van der Waals surface area contributed by atoms with Gasteiger partial charge in [0.25, 0.3) is 5.91 Å². The standard InChI is InChI=1S/C22H24N4O2S/c1-22(2,3)20(28)24-16-9-7-8-15(14-16)19(27)25-17-10-5-6-11-18(17)29-21-23-12-13-26(21)4/h5-14H,1-4H3,(H,24,28)(H,25,27). The second-order valence-corrected chi connectivity index (χ2v) is 8.67. The van der Waals surface area contributed by atoms with E-state index in [1.807, 2.05) is 62.8 Å². The highest BCUT2D eigenvalue weighted by molar-refractivity contribution is 7.99. The highest BCUT2D eigenvalue weighted by Gasteiger charge is 2.21. The molecule has 2 N–H and O–H groups in total. The van der Waals surface area contributed by atoms with Gasteiger partial charge in [0, 0.05) is 41.0 Å². The molecule has 7 heteroatoms. The summed E-state index contributed by atoms with van der Waals surface area (Å²) >= 11 is 1.48. The van der Waals surface area contributed by atoms with Gasteiger partial charge < -0.3 is 15.2 Å². The Balaban J connectivity index is 1.77. The Labute approximate surface area is 174 Å². The number of rotatable bonds is 5. The Hall–Kier alpha value is -3.06. The summed E-state index contributed by atoms with van der Waals surface area (Å²) in [7, 11) is 1.92. The maximum Gasteiger partial charge on any atom is 0.255 e. The van der Waals surface area contributed by atoms with Crippen LogP contribution < -0.4 is 10.6 Å². The maximum absolute atomic E-state index is 12.8. The third-order valence-corrected chi connectivity index (χ3v) is 5.33. The molecular formula is C22H24N4O2S. The van der Waals surface area contributed by atoms with Gasteiger partial charge >= 0.3 is 0 Å². The zero-order valence-corrected chi connectivity index (χ0v) is 17.7. The molecule has 0 aliphatic rings. The molecule has 1 heterocycles. The van der Waals surface area contributed by atoms with Crippen LogP contribution in [0.3, 0.4) is 0 Å². The van der Waals surface area contributed by atoms with Gasteiger partial charge in [-0.1, -0.05) is 39.0 Å². The zero-order chi connectivity index (χ0) is 21.0. The predicted molar refractivity (Wildman–Crippen MR) is 116 cm³/mol. The van der Waals surface area contributed by atoms with Crippen molar-refractivity contribution in [2.24, 2.45) is 12.5 Å². The predicted octanol–water partition coefficient (Wildman–Crippen LogP) is 4.81. The molecule has 0 spiro atoms. The summed E-state index contributed by atoms with van der Waals surface area (Å²) in [6.07, 6.45) is 3.61. The summed E-state index contributed by atoms with van der Waals surface area (Å²) in [6.45, 7) is 5.53. The van der Waals surface area contributed by atoms with Crippen LogP contribution in [0.2, 0.25) is 0 Å². The minimum atomic E-state index is -0.514. The second kappa shape index (κ2) is 8.53. The van der Waals surface area contributed by atoms with Crippen molar-refractivity contribution in [2.45, 2.75) is 30.8 Å². The summed E-state index contributed by atoms with van der Waals surface area (Å²) in [5.41, 5.74) is 1.25. The number of carbonyl (C=O) groups is 2. The molecule has 0 radical (unpaired) electrons. The number of hydrogen-bond donors (Lipinski definition) is 2.